The number of carbonyl (C=O) groups is 16. The average Bonchev–Trinajstić information content (AvgIpc) is 1.74. The van der Waals surface area contributed by atoms with E-state index in [4.69, 9.17) is 30.4 Å². The number of ketones is 1. The average molecular weight is 1480 g/mol. The molecule has 4 aliphatic rings. The standard InChI is InChI=1S/C72H110N12O21/c1-15-39(8)58-53(85)35-57(89)105-61(38(6)7)60(90)40(9)62(91)78-48(32-36(2)3)68(97)84-31-17-19-50(84)70(99)82(13)52(34-43-20-22-44(102-14)23-21-43)72(101)103-41(10)59(66(95)79-58)80-65(94)51(33-37(4)5)81(12)69(98)49-18-16-30-83(49)67(96)42(11)104-71(100)47(25-28-55(74)87)77-64(93)46(24-27-54(73)86)76-63(92)45-26-29-56(88)75-45/h20-23,36-42,45-53,58-59,61,85H,15-19,24-35H2,1-14H3,(H2,73,86)(H2,74,87)(H,75,88)(H,76,92)(H,77,93)(H,78,91)(H,79,95)(H,80,94)/t39?,40-,41-,42?,45?,46+,47+,48+,49?,50+,51+,52+,53+,58-,59+,61+/m1/s1. The van der Waals surface area contributed by atoms with Crippen LogP contribution >= 0.6 is 0 Å². The van der Waals surface area contributed by atoms with Crippen LogP contribution in [-0.2, 0) is 97.3 Å². The summed E-state index contributed by atoms with van der Waals surface area (Å²) >= 11 is 0. The first-order valence-electron chi connectivity index (χ1n) is 36.3. The van der Waals surface area contributed by atoms with Crippen LogP contribution < -0.4 is 48.1 Å². The van der Waals surface area contributed by atoms with E-state index in [2.05, 4.69) is 31.9 Å². The number of esters is 3. The lowest BCUT2D eigenvalue weighted by Crippen LogP contribution is -2.62. The van der Waals surface area contributed by atoms with Gasteiger partial charge >= 0.3 is 17.9 Å². The third-order valence-corrected chi connectivity index (χ3v) is 19.7. The number of fused-ring (bicyclic) bond motifs is 1. The molecule has 4 saturated heterocycles. The van der Waals surface area contributed by atoms with Gasteiger partial charge in [-0.25, -0.2) is 9.59 Å². The number of ether oxygens (including phenoxy) is 4. The lowest BCUT2D eigenvalue weighted by Gasteiger charge is -2.36. The van der Waals surface area contributed by atoms with Crippen molar-refractivity contribution in [3.63, 3.8) is 0 Å². The Balaban J connectivity index is 1.52. The van der Waals surface area contributed by atoms with Gasteiger partial charge in [0.25, 0.3) is 5.91 Å². The number of hydrogen-bond acceptors (Lipinski definition) is 21. The Kier molecular flexibility index (Phi) is 32.7. The summed E-state index contributed by atoms with van der Waals surface area (Å²) in [4.78, 5) is 229. The minimum absolute atomic E-state index is 0.0415. The number of carbonyl (C=O) groups excluding carboxylic acids is 16. The van der Waals surface area contributed by atoms with Gasteiger partial charge in [-0.2, -0.15) is 0 Å². The molecular weight excluding hydrogens is 1370 g/mol. The number of hydrogen-bond donors (Lipinski definition) is 9. The summed E-state index contributed by atoms with van der Waals surface area (Å²) in [7, 11) is 4.12. The summed E-state index contributed by atoms with van der Waals surface area (Å²) < 4.78 is 22.9. The molecule has 0 aliphatic carbocycles. The number of likely N-dealkylation sites (N-methyl/N-ethyl adjacent to an activating group) is 2. The van der Waals surface area contributed by atoms with Crippen LogP contribution in [0.25, 0.3) is 0 Å². The van der Waals surface area contributed by atoms with E-state index in [1.165, 1.54) is 46.9 Å². The van der Waals surface area contributed by atoms with Gasteiger partial charge in [-0.1, -0.05) is 73.9 Å². The van der Waals surface area contributed by atoms with E-state index in [9.17, 15) is 57.8 Å². The van der Waals surface area contributed by atoms with Gasteiger partial charge in [0, 0.05) is 52.9 Å². The number of cyclic esters (lactones) is 2. The molecule has 0 aromatic heterocycles. The van der Waals surface area contributed by atoms with Gasteiger partial charge in [0.05, 0.1) is 31.6 Å². The number of aliphatic hydroxyl groups excluding tert-OH is 1. The zero-order valence-corrected chi connectivity index (χ0v) is 62.9. The fraction of sp³-hybridized carbons (Fsp3) is 0.694. The van der Waals surface area contributed by atoms with E-state index in [1.807, 2.05) is 13.8 Å². The van der Waals surface area contributed by atoms with E-state index in [1.54, 1.807) is 65.8 Å². The Morgan fingerprint density at radius 2 is 1.39 bits per heavy atom. The van der Waals surface area contributed by atoms with E-state index >= 15 is 24.0 Å². The zero-order valence-electron chi connectivity index (χ0n) is 62.9. The molecule has 4 unspecified atom stereocenters. The fourth-order valence-electron chi connectivity index (χ4n) is 13.3. The number of nitrogens with zero attached hydrogens (tertiary/aromatic N) is 4. The molecule has 0 spiro atoms. The van der Waals surface area contributed by atoms with Crippen LogP contribution in [0.4, 0.5) is 0 Å². The van der Waals surface area contributed by atoms with E-state index in [0.29, 0.717) is 17.7 Å². The van der Waals surface area contributed by atoms with E-state index < -0.39 is 223 Å². The second-order valence-corrected chi connectivity index (χ2v) is 29.2. The van der Waals surface area contributed by atoms with Crippen molar-refractivity contribution in [2.45, 2.75) is 257 Å². The third-order valence-electron chi connectivity index (χ3n) is 19.7. The van der Waals surface area contributed by atoms with Gasteiger partial charge in [-0.15, -0.1) is 0 Å². The molecule has 11 N–H and O–H groups in total. The van der Waals surface area contributed by atoms with Crippen molar-refractivity contribution >= 4 is 94.6 Å². The van der Waals surface area contributed by atoms with Crippen LogP contribution in [0, 0.1) is 29.6 Å². The number of benzene rings is 1. The minimum Gasteiger partial charge on any atom is -0.497 e. The van der Waals surface area contributed by atoms with Crippen LogP contribution in [0.3, 0.4) is 0 Å². The van der Waals surface area contributed by atoms with Gasteiger partial charge in [0.15, 0.2) is 18.0 Å². The highest BCUT2D eigenvalue weighted by molar-refractivity contribution is 6.05. The van der Waals surface area contributed by atoms with Crippen molar-refractivity contribution in [1.82, 2.24) is 51.5 Å². The maximum atomic E-state index is 15.3. The number of amides is 12. The van der Waals surface area contributed by atoms with Crippen molar-refractivity contribution in [3.05, 3.63) is 29.8 Å². The SMILES string of the molecule is CCC(C)[C@H]1NC(=O)[C@@H](NC(=O)[C@H](CC(C)C)N(C)C(=O)C2CCCN2C(=O)C(C)OC(=O)[C@H](CCC(N)=O)NC(=O)[C@H](CCC(N)=O)NC(=O)C2CCC(=O)N2)[C@@H](C)OC(=O)[C@H](Cc2ccc(OC)cc2)N(C)C(=O)[C@@H]2CCCN2C(=O)[C@H](CC(C)C)NC(=O)[C@H](C)C(=O)[C@H](C(C)C)OC(=O)C[C@@H]1O. The molecule has 1 aromatic rings. The molecule has 0 radical (unpaired) electrons. The second-order valence-electron chi connectivity index (χ2n) is 29.2. The summed E-state index contributed by atoms with van der Waals surface area (Å²) in [5.41, 5.74) is 11.3. The third kappa shape index (κ3) is 24.1. The van der Waals surface area contributed by atoms with E-state index in [-0.39, 0.29) is 89.1 Å². The van der Waals surface area contributed by atoms with Crippen molar-refractivity contribution in [2.75, 3.05) is 34.3 Å². The molecule has 0 bridgehead atoms. The molecular formula is C72H110N12O21. The molecule has 33 nitrogen and oxygen atoms in total. The number of Topliss-reactive ketones (excluding diaryl/α,β-unsaturated/α-hetero) is 1. The molecule has 4 heterocycles. The van der Waals surface area contributed by atoms with Gasteiger partial charge in [0.2, 0.25) is 65.0 Å². The minimum atomic E-state index is -1.90. The second kappa shape index (κ2) is 39.7. The number of nitrogens with two attached hydrogens (primary N) is 2. The Bertz CT molecular complexity index is 3330. The molecule has 4 fully saturated rings. The summed E-state index contributed by atoms with van der Waals surface area (Å²) in [5, 5.41) is 27.5. The largest absolute Gasteiger partial charge is 0.497 e. The monoisotopic (exact) mass is 1480 g/mol. The quantitative estimate of drug-likeness (QED) is 0.0309. The van der Waals surface area contributed by atoms with E-state index in [0.717, 1.165) is 14.7 Å². The van der Waals surface area contributed by atoms with Crippen molar-refractivity contribution in [3.8, 4) is 5.75 Å². The van der Waals surface area contributed by atoms with Crippen molar-refractivity contribution in [1.29, 1.82) is 0 Å². The Hall–Kier alpha value is -9.30. The van der Waals surface area contributed by atoms with Gasteiger partial charge in [-0.3, -0.25) is 67.1 Å². The molecule has 33 heteroatoms. The number of primary amides is 2. The smallest absolute Gasteiger partial charge is 0.329 e. The van der Waals surface area contributed by atoms with Crippen molar-refractivity contribution < 1.29 is 101 Å². The first-order chi connectivity index (χ1) is 49.3. The highest BCUT2D eigenvalue weighted by atomic mass is 16.6. The van der Waals surface area contributed by atoms with Gasteiger partial charge in [0.1, 0.15) is 66.2 Å². The topological polar surface area (TPSA) is 467 Å². The number of rotatable bonds is 27. The zero-order chi connectivity index (χ0) is 78.6. The normalized spacial score (nSPS) is 25.5. The molecule has 584 valence electrons. The predicted octanol–water partition coefficient (Wildman–Crippen LogP) is -0.353. The summed E-state index contributed by atoms with van der Waals surface area (Å²) in [6.45, 7) is 17.6. The Morgan fingerprint density at radius 1 is 0.762 bits per heavy atom. The summed E-state index contributed by atoms with van der Waals surface area (Å²) in [6, 6.07) is -7.46. The van der Waals surface area contributed by atoms with Crippen LogP contribution in [-0.4, -0.2) is 238 Å². The van der Waals surface area contributed by atoms with Gasteiger partial charge in [-0.05, 0) is 120 Å². The maximum absolute atomic E-state index is 15.3. The molecule has 4 aliphatic heterocycles. The highest BCUT2D eigenvalue weighted by Crippen LogP contribution is 2.28. The van der Waals surface area contributed by atoms with Crippen molar-refractivity contribution in [2.24, 2.45) is 41.1 Å². The number of likely N-dealkylation sites (tertiary alicyclic amines) is 1. The van der Waals surface area contributed by atoms with Crippen LogP contribution in [0.15, 0.2) is 24.3 Å². The number of nitrogens with one attached hydrogen (secondary N) is 6. The number of aliphatic hydroxyl groups is 1. The highest BCUT2D eigenvalue weighted by Gasteiger charge is 2.47. The molecule has 12 amide bonds. The predicted molar refractivity (Wildman–Crippen MR) is 376 cm³/mol. The van der Waals surface area contributed by atoms with Gasteiger partial charge < -0.3 is 87.0 Å². The Labute approximate surface area is 612 Å². The Morgan fingerprint density at radius 3 is 1.96 bits per heavy atom. The number of methoxy groups -OCH3 is 1. The first-order valence-corrected chi connectivity index (χ1v) is 36.3. The summed E-state index contributed by atoms with van der Waals surface area (Å²) in [5.74, 6) is -16.8. The lowest BCUT2D eigenvalue weighted by molar-refractivity contribution is -0.163. The molecule has 0 saturated carbocycles. The summed E-state index contributed by atoms with van der Waals surface area (Å²) in [6.07, 6.45) is -8.07. The molecule has 105 heavy (non-hydrogen) atoms. The first kappa shape index (κ1) is 86.3. The fourth-order valence-corrected chi connectivity index (χ4v) is 13.3. The van der Waals surface area contributed by atoms with Crippen LogP contribution in [0.5, 0.6) is 5.75 Å². The van der Waals surface area contributed by atoms with Crippen LogP contribution in [0.1, 0.15) is 172 Å². The molecule has 16 atom stereocenters. The maximum Gasteiger partial charge on any atom is 0.329 e. The molecule has 1 aromatic carbocycles. The molecule has 5 rings (SSSR count). The van der Waals surface area contributed by atoms with Crippen LogP contribution in [0.2, 0.25) is 0 Å². The lowest BCUT2D eigenvalue weighted by atomic mass is 9.91.